The average Bonchev–Trinajstić information content (AvgIpc) is 2.15. The molecule has 0 aliphatic carbocycles. The summed E-state index contributed by atoms with van der Waals surface area (Å²) in [6.07, 6.45) is 3.59. The molecule has 0 aliphatic rings. The third-order valence-electron chi connectivity index (χ3n) is 1.69. The summed E-state index contributed by atoms with van der Waals surface area (Å²) in [5.41, 5.74) is 1.95. The van der Waals surface area contributed by atoms with Gasteiger partial charge < -0.3 is 10.6 Å². The summed E-state index contributed by atoms with van der Waals surface area (Å²) in [5, 5.41) is 6.32. The Balaban J connectivity index is 2.25. The van der Waals surface area contributed by atoms with Gasteiger partial charge in [-0.15, -0.1) is 0 Å². The SMILES string of the molecule is CNCCNCc1cnc(C)cn1. The molecular formula is C9H16N4. The Bertz CT molecular complexity index is 232. The van der Waals surface area contributed by atoms with E-state index in [0.717, 1.165) is 31.0 Å². The maximum absolute atomic E-state index is 4.23. The second-order valence-corrected chi connectivity index (χ2v) is 2.93. The van der Waals surface area contributed by atoms with Crippen molar-refractivity contribution in [2.45, 2.75) is 13.5 Å². The quantitative estimate of drug-likeness (QED) is 0.631. The monoisotopic (exact) mass is 180 g/mol. The first kappa shape index (κ1) is 10.1. The summed E-state index contributed by atoms with van der Waals surface area (Å²) in [6.45, 7) is 4.64. The Morgan fingerprint density at radius 1 is 1.23 bits per heavy atom. The molecule has 1 aromatic rings. The van der Waals surface area contributed by atoms with E-state index in [9.17, 15) is 0 Å². The molecule has 1 heterocycles. The molecule has 0 atom stereocenters. The number of aromatic nitrogens is 2. The lowest BCUT2D eigenvalue weighted by atomic mass is 10.4. The standard InChI is InChI=1S/C9H16N4/c1-8-5-13-9(7-12-8)6-11-4-3-10-2/h5,7,10-11H,3-4,6H2,1-2H3. The molecule has 0 saturated heterocycles. The first-order valence-electron chi connectivity index (χ1n) is 4.46. The van der Waals surface area contributed by atoms with Gasteiger partial charge in [-0.2, -0.15) is 0 Å². The van der Waals surface area contributed by atoms with Crippen LogP contribution in [-0.4, -0.2) is 30.1 Å². The molecule has 0 saturated carbocycles. The molecule has 1 rings (SSSR count). The fraction of sp³-hybridized carbons (Fsp3) is 0.556. The molecule has 0 amide bonds. The highest BCUT2D eigenvalue weighted by Gasteiger charge is 1.93. The largest absolute Gasteiger partial charge is 0.318 e. The first-order chi connectivity index (χ1) is 6.33. The summed E-state index contributed by atoms with van der Waals surface area (Å²) in [6, 6.07) is 0. The van der Waals surface area contributed by atoms with Gasteiger partial charge in [-0.1, -0.05) is 0 Å². The highest BCUT2D eigenvalue weighted by atomic mass is 14.9. The summed E-state index contributed by atoms with van der Waals surface area (Å²) >= 11 is 0. The van der Waals surface area contributed by atoms with E-state index in [-0.39, 0.29) is 0 Å². The molecule has 13 heavy (non-hydrogen) atoms. The Labute approximate surface area is 78.8 Å². The van der Waals surface area contributed by atoms with Crippen LogP contribution >= 0.6 is 0 Å². The summed E-state index contributed by atoms with van der Waals surface area (Å²) in [5.74, 6) is 0. The van der Waals surface area contributed by atoms with E-state index in [1.807, 2.05) is 20.2 Å². The number of likely N-dealkylation sites (N-methyl/N-ethyl adjacent to an activating group) is 1. The van der Waals surface area contributed by atoms with Crippen molar-refractivity contribution in [3.8, 4) is 0 Å². The van der Waals surface area contributed by atoms with Crippen LogP contribution in [0.5, 0.6) is 0 Å². The lowest BCUT2D eigenvalue weighted by molar-refractivity contribution is 0.640. The van der Waals surface area contributed by atoms with Crippen molar-refractivity contribution in [1.29, 1.82) is 0 Å². The van der Waals surface area contributed by atoms with Crippen LogP contribution < -0.4 is 10.6 Å². The fourth-order valence-electron chi connectivity index (χ4n) is 0.940. The molecule has 4 heteroatoms. The Morgan fingerprint density at radius 2 is 2.08 bits per heavy atom. The minimum absolute atomic E-state index is 0.787. The van der Waals surface area contributed by atoms with Gasteiger partial charge in [-0.05, 0) is 14.0 Å². The smallest absolute Gasteiger partial charge is 0.0724 e. The van der Waals surface area contributed by atoms with Crippen LogP contribution in [0.15, 0.2) is 12.4 Å². The van der Waals surface area contributed by atoms with Crippen LogP contribution in [0, 0.1) is 6.92 Å². The third-order valence-corrected chi connectivity index (χ3v) is 1.69. The van der Waals surface area contributed by atoms with Crippen molar-refractivity contribution in [1.82, 2.24) is 20.6 Å². The van der Waals surface area contributed by atoms with Crippen LogP contribution in [0.2, 0.25) is 0 Å². The molecule has 0 aliphatic heterocycles. The predicted octanol–water partition coefficient (Wildman–Crippen LogP) is 0.0940. The van der Waals surface area contributed by atoms with Crippen LogP contribution in [0.1, 0.15) is 11.4 Å². The van der Waals surface area contributed by atoms with Gasteiger partial charge in [0, 0.05) is 32.0 Å². The molecular weight excluding hydrogens is 164 g/mol. The van der Waals surface area contributed by atoms with E-state index in [2.05, 4.69) is 20.6 Å². The number of hydrogen-bond donors (Lipinski definition) is 2. The normalized spacial score (nSPS) is 10.3. The number of aryl methyl sites for hydroxylation is 1. The molecule has 4 nitrogen and oxygen atoms in total. The number of hydrogen-bond acceptors (Lipinski definition) is 4. The molecule has 0 spiro atoms. The Hall–Kier alpha value is -1.00. The lowest BCUT2D eigenvalue weighted by Gasteiger charge is -2.03. The topological polar surface area (TPSA) is 49.8 Å². The van der Waals surface area contributed by atoms with Crippen LogP contribution in [0.4, 0.5) is 0 Å². The molecule has 0 aromatic carbocycles. The summed E-state index contributed by atoms with van der Waals surface area (Å²) < 4.78 is 0. The maximum atomic E-state index is 4.23. The number of nitrogens with zero attached hydrogens (tertiary/aromatic N) is 2. The van der Waals surface area contributed by atoms with Crippen LogP contribution in [-0.2, 0) is 6.54 Å². The molecule has 0 bridgehead atoms. The maximum Gasteiger partial charge on any atom is 0.0724 e. The summed E-state index contributed by atoms with van der Waals surface area (Å²) in [4.78, 5) is 8.39. The molecule has 1 aromatic heterocycles. The zero-order valence-electron chi connectivity index (χ0n) is 8.17. The van der Waals surface area contributed by atoms with Crippen molar-refractivity contribution in [3.05, 3.63) is 23.8 Å². The van der Waals surface area contributed by atoms with E-state index >= 15 is 0 Å². The summed E-state index contributed by atoms with van der Waals surface area (Å²) in [7, 11) is 1.94. The predicted molar refractivity (Wildman–Crippen MR) is 52.4 cm³/mol. The zero-order valence-corrected chi connectivity index (χ0v) is 8.17. The van der Waals surface area contributed by atoms with Gasteiger partial charge in [-0.25, -0.2) is 0 Å². The van der Waals surface area contributed by atoms with E-state index in [1.54, 1.807) is 6.20 Å². The molecule has 2 N–H and O–H groups in total. The van der Waals surface area contributed by atoms with E-state index < -0.39 is 0 Å². The average molecular weight is 180 g/mol. The van der Waals surface area contributed by atoms with Crippen molar-refractivity contribution >= 4 is 0 Å². The molecule has 0 radical (unpaired) electrons. The van der Waals surface area contributed by atoms with E-state index in [1.165, 1.54) is 0 Å². The van der Waals surface area contributed by atoms with E-state index in [4.69, 9.17) is 0 Å². The van der Waals surface area contributed by atoms with Gasteiger partial charge in [0.25, 0.3) is 0 Å². The number of rotatable bonds is 5. The molecule has 0 fully saturated rings. The van der Waals surface area contributed by atoms with Gasteiger partial charge >= 0.3 is 0 Å². The van der Waals surface area contributed by atoms with Crippen molar-refractivity contribution < 1.29 is 0 Å². The van der Waals surface area contributed by atoms with Gasteiger partial charge in [0.05, 0.1) is 11.4 Å². The molecule has 72 valence electrons. The van der Waals surface area contributed by atoms with Gasteiger partial charge in [0.1, 0.15) is 0 Å². The lowest BCUT2D eigenvalue weighted by Crippen LogP contribution is -2.24. The Kier molecular flexibility index (Phi) is 4.35. The van der Waals surface area contributed by atoms with Gasteiger partial charge in [0.15, 0.2) is 0 Å². The second kappa shape index (κ2) is 5.61. The van der Waals surface area contributed by atoms with Crippen LogP contribution in [0.25, 0.3) is 0 Å². The minimum atomic E-state index is 0.787. The fourth-order valence-corrected chi connectivity index (χ4v) is 0.940. The second-order valence-electron chi connectivity index (χ2n) is 2.93. The highest BCUT2D eigenvalue weighted by Crippen LogP contribution is 1.92. The Morgan fingerprint density at radius 3 is 2.69 bits per heavy atom. The third kappa shape index (κ3) is 3.96. The van der Waals surface area contributed by atoms with Crippen molar-refractivity contribution in [2.75, 3.05) is 20.1 Å². The van der Waals surface area contributed by atoms with Crippen molar-refractivity contribution in [3.63, 3.8) is 0 Å². The van der Waals surface area contributed by atoms with Gasteiger partial charge in [0.2, 0.25) is 0 Å². The minimum Gasteiger partial charge on any atom is -0.318 e. The number of nitrogens with one attached hydrogen (secondary N) is 2. The zero-order chi connectivity index (χ0) is 9.52. The molecule has 0 unspecified atom stereocenters. The van der Waals surface area contributed by atoms with Crippen molar-refractivity contribution in [2.24, 2.45) is 0 Å². The van der Waals surface area contributed by atoms with E-state index in [0.29, 0.717) is 0 Å². The highest BCUT2D eigenvalue weighted by molar-refractivity contribution is 4.99. The van der Waals surface area contributed by atoms with Crippen LogP contribution in [0.3, 0.4) is 0 Å². The first-order valence-corrected chi connectivity index (χ1v) is 4.46. The van der Waals surface area contributed by atoms with Gasteiger partial charge in [-0.3, -0.25) is 9.97 Å².